The molecule has 2 heterocycles. The van der Waals surface area contributed by atoms with Crippen molar-refractivity contribution in [3.63, 3.8) is 0 Å². The number of ether oxygens (including phenoxy) is 1. The molecule has 16 heavy (non-hydrogen) atoms. The van der Waals surface area contributed by atoms with Crippen molar-refractivity contribution in [2.45, 2.75) is 25.3 Å². The molecule has 0 spiro atoms. The van der Waals surface area contributed by atoms with Crippen LogP contribution in [0.15, 0.2) is 0 Å². The fourth-order valence-corrected chi connectivity index (χ4v) is 2.38. The van der Waals surface area contributed by atoms with Gasteiger partial charge in [-0.2, -0.15) is 0 Å². The van der Waals surface area contributed by atoms with Gasteiger partial charge in [0.25, 0.3) is 0 Å². The number of rotatable bonds is 3. The van der Waals surface area contributed by atoms with E-state index in [-0.39, 0.29) is 0 Å². The van der Waals surface area contributed by atoms with Crippen LogP contribution in [-0.4, -0.2) is 62.1 Å². The number of likely N-dealkylation sites (tertiary alicyclic amines) is 1. The number of amides is 1. The highest BCUT2D eigenvalue weighted by Gasteiger charge is 2.27. The summed E-state index contributed by atoms with van der Waals surface area (Å²) in [6.07, 6.45) is 2.89. The highest BCUT2D eigenvalue weighted by atomic mass is 16.5. The average molecular weight is 226 g/mol. The Labute approximate surface area is 97.5 Å². The van der Waals surface area contributed by atoms with Crippen LogP contribution < -0.4 is 0 Å². The lowest BCUT2D eigenvalue weighted by Crippen LogP contribution is -2.45. The second kappa shape index (κ2) is 5.15. The molecule has 0 aromatic heterocycles. The van der Waals surface area contributed by atoms with E-state index in [2.05, 4.69) is 11.9 Å². The number of hydrogen-bond acceptors (Lipinski definition) is 3. The number of piperidine rings is 1. The number of hydrogen-bond donors (Lipinski definition) is 0. The fourth-order valence-electron chi connectivity index (χ4n) is 2.38. The SMILES string of the molecule is CN1CCC(N(C)C(=O)CC2COC2)CC1. The van der Waals surface area contributed by atoms with Gasteiger partial charge >= 0.3 is 0 Å². The lowest BCUT2D eigenvalue weighted by Gasteiger charge is -2.36. The van der Waals surface area contributed by atoms with Crippen LogP contribution >= 0.6 is 0 Å². The van der Waals surface area contributed by atoms with Crippen LogP contribution in [0.25, 0.3) is 0 Å². The first-order valence-electron chi connectivity index (χ1n) is 6.18. The van der Waals surface area contributed by atoms with Crippen molar-refractivity contribution in [3.8, 4) is 0 Å². The third-order valence-electron chi connectivity index (χ3n) is 3.80. The first-order valence-corrected chi connectivity index (χ1v) is 6.18. The number of carbonyl (C=O) groups is 1. The second-order valence-electron chi connectivity index (χ2n) is 5.15. The molecule has 0 saturated carbocycles. The maximum absolute atomic E-state index is 12.0. The average Bonchev–Trinajstić information content (AvgIpc) is 2.23. The monoisotopic (exact) mass is 226 g/mol. The van der Waals surface area contributed by atoms with Gasteiger partial charge in [-0.1, -0.05) is 0 Å². The van der Waals surface area contributed by atoms with E-state index >= 15 is 0 Å². The Morgan fingerprint density at radius 2 is 2.00 bits per heavy atom. The standard InChI is InChI=1S/C12H22N2O2/c1-13-5-3-11(4-6-13)14(2)12(15)7-10-8-16-9-10/h10-11H,3-9H2,1-2H3. The summed E-state index contributed by atoms with van der Waals surface area (Å²) >= 11 is 0. The Bertz CT molecular complexity index is 245. The topological polar surface area (TPSA) is 32.8 Å². The molecular weight excluding hydrogens is 204 g/mol. The molecule has 0 unspecified atom stereocenters. The van der Waals surface area contributed by atoms with Crippen molar-refractivity contribution < 1.29 is 9.53 Å². The minimum absolute atomic E-state index is 0.294. The van der Waals surface area contributed by atoms with Crippen molar-refractivity contribution >= 4 is 5.91 Å². The van der Waals surface area contributed by atoms with Crippen LogP contribution in [0.2, 0.25) is 0 Å². The largest absolute Gasteiger partial charge is 0.381 e. The molecule has 0 bridgehead atoms. The van der Waals surface area contributed by atoms with Crippen LogP contribution in [0, 0.1) is 5.92 Å². The van der Waals surface area contributed by atoms with E-state index in [1.165, 1.54) is 0 Å². The van der Waals surface area contributed by atoms with E-state index < -0.39 is 0 Å². The van der Waals surface area contributed by atoms with E-state index in [1.807, 2.05) is 11.9 Å². The first-order chi connectivity index (χ1) is 7.66. The summed E-state index contributed by atoms with van der Waals surface area (Å²) in [6, 6.07) is 0.449. The summed E-state index contributed by atoms with van der Waals surface area (Å²) in [5.41, 5.74) is 0. The van der Waals surface area contributed by atoms with Gasteiger partial charge in [0, 0.05) is 25.4 Å². The molecule has 1 amide bonds. The summed E-state index contributed by atoms with van der Waals surface area (Å²) in [6.45, 7) is 3.75. The lowest BCUT2D eigenvalue weighted by atomic mass is 10.00. The van der Waals surface area contributed by atoms with E-state index in [4.69, 9.17) is 4.74 Å². The maximum Gasteiger partial charge on any atom is 0.223 e. The van der Waals surface area contributed by atoms with Gasteiger partial charge in [-0.15, -0.1) is 0 Å². The smallest absolute Gasteiger partial charge is 0.223 e. The van der Waals surface area contributed by atoms with Gasteiger partial charge in [-0.05, 0) is 33.0 Å². The molecule has 2 aliphatic heterocycles. The normalized spacial score (nSPS) is 24.1. The Morgan fingerprint density at radius 1 is 1.38 bits per heavy atom. The van der Waals surface area contributed by atoms with Crippen molar-refractivity contribution in [1.29, 1.82) is 0 Å². The Balaban J connectivity index is 1.76. The van der Waals surface area contributed by atoms with Crippen molar-refractivity contribution in [2.75, 3.05) is 40.4 Å². The molecule has 0 atom stereocenters. The third-order valence-corrected chi connectivity index (χ3v) is 3.80. The van der Waals surface area contributed by atoms with Gasteiger partial charge < -0.3 is 14.5 Å². The molecule has 0 radical (unpaired) electrons. The minimum Gasteiger partial charge on any atom is -0.381 e. The highest BCUT2D eigenvalue weighted by molar-refractivity contribution is 5.76. The molecule has 2 fully saturated rings. The van der Waals surface area contributed by atoms with Crippen molar-refractivity contribution in [2.24, 2.45) is 5.92 Å². The summed E-state index contributed by atoms with van der Waals surface area (Å²) in [4.78, 5) is 16.3. The fraction of sp³-hybridized carbons (Fsp3) is 0.917. The van der Waals surface area contributed by atoms with Gasteiger partial charge in [0.15, 0.2) is 0 Å². The van der Waals surface area contributed by atoms with E-state index in [0.29, 0.717) is 24.3 Å². The van der Waals surface area contributed by atoms with Gasteiger partial charge in [-0.25, -0.2) is 0 Å². The van der Waals surface area contributed by atoms with Gasteiger partial charge in [0.05, 0.1) is 13.2 Å². The zero-order chi connectivity index (χ0) is 11.5. The quantitative estimate of drug-likeness (QED) is 0.705. The first kappa shape index (κ1) is 11.9. The molecule has 4 nitrogen and oxygen atoms in total. The lowest BCUT2D eigenvalue weighted by molar-refractivity contribution is -0.138. The molecule has 0 aromatic rings. The second-order valence-corrected chi connectivity index (χ2v) is 5.15. The van der Waals surface area contributed by atoms with Gasteiger partial charge in [-0.3, -0.25) is 4.79 Å². The number of carbonyl (C=O) groups excluding carboxylic acids is 1. The highest BCUT2D eigenvalue weighted by Crippen LogP contribution is 2.19. The Kier molecular flexibility index (Phi) is 3.82. The molecule has 0 N–H and O–H groups in total. The molecular formula is C12H22N2O2. The minimum atomic E-state index is 0.294. The van der Waals surface area contributed by atoms with E-state index in [9.17, 15) is 4.79 Å². The van der Waals surface area contributed by atoms with E-state index in [0.717, 1.165) is 39.1 Å². The predicted octanol–water partition coefficient (Wildman–Crippen LogP) is 0.575. The molecule has 2 saturated heterocycles. The maximum atomic E-state index is 12.0. The van der Waals surface area contributed by atoms with Gasteiger partial charge in [0.1, 0.15) is 0 Å². The zero-order valence-corrected chi connectivity index (χ0v) is 10.3. The van der Waals surface area contributed by atoms with Crippen LogP contribution in [0.3, 0.4) is 0 Å². The Hall–Kier alpha value is -0.610. The van der Waals surface area contributed by atoms with Gasteiger partial charge in [0.2, 0.25) is 5.91 Å². The summed E-state index contributed by atoms with van der Waals surface area (Å²) < 4.78 is 5.10. The summed E-state index contributed by atoms with van der Waals surface area (Å²) in [7, 11) is 4.10. The zero-order valence-electron chi connectivity index (χ0n) is 10.3. The molecule has 2 rings (SSSR count). The van der Waals surface area contributed by atoms with Crippen LogP contribution in [0.5, 0.6) is 0 Å². The molecule has 0 aromatic carbocycles. The van der Waals surface area contributed by atoms with Crippen molar-refractivity contribution in [3.05, 3.63) is 0 Å². The molecule has 92 valence electrons. The van der Waals surface area contributed by atoms with Crippen LogP contribution in [0.1, 0.15) is 19.3 Å². The van der Waals surface area contributed by atoms with Crippen LogP contribution in [-0.2, 0) is 9.53 Å². The molecule has 4 heteroatoms. The summed E-state index contributed by atoms with van der Waals surface area (Å²) in [5.74, 6) is 0.768. The number of nitrogens with zero attached hydrogens (tertiary/aromatic N) is 2. The molecule has 0 aliphatic carbocycles. The molecule has 2 aliphatic rings. The van der Waals surface area contributed by atoms with Crippen LogP contribution in [0.4, 0.5) is 0 Å². The van der Waals surface area contributed by atoms with E-state index in [1.54, 1.807) is 0 Å². The predicted molar refractivity (Wildman–Crippen MR) is 62.2 cm³/mol. The Morgan fingerprint density at radius 3 is 2.50 bits per heavy atom. The summed E-state index contributed by atoms with van der Waals surface area (Å²) in [5, 5.41) is 0. The van der Waals surface area contributed by atoms with Crippen molar-refractivity contribution in [1.82, 2.24) is 9.80 Å². The third kappa shape index (κ3) is 2.74.